The van der Waals surface area contributed by atoms with Gasteiger partial charge in [0.15, 0.2) is 5.75 Å². The van der Waals surface area contributed by atoms with E-state index in [4.69, 9.17) is 10.3 Å². The summed E-state index contributed by atoms with van der Waals surface area (Å²) in [5.41, 5.74) is 1.00. The van der Waals surface area contributed by atoms with E-state index in [1.807, 2.05) is 24.3 Å². The molecule has 1 aliphatic heterocycles. The van der Waals surface area contributed by atoms with E-state index >= 15 is 0 Å². The second-order valence-corrected chi connectivity index (χ2v) is 2.37. The van der Waals surface area contributed by atoms with E-state index in [-0.39, 0.29) is 5.90 Å². The van der Waals surface area contributed by atoms with Gasteiger partial charge in [-0.15, -0.1) is 0 Å². The molecule has 0 atom stereocenters. The monoisotopic (exact) mass is 149 g/mol. The van der Waals surface area contributed by atoms with Crippen LogP contribution in [0.3, 0.4) is 0 Å². The van der Waals surface area contributed by atoms with Crippen LogP contribution in [0.25, 0.3) is 0 Å². The molecule has 3 nitrogen and oxygen atoms in total. The van der Waals surface area contributed by atoms with Crippen LogP contribution in [0.1, 0.15) is 5.56 Å². The predicted octanol–water partition coefficient (Wildman–Crippen LogP) is 1.53. The molecule has 0 bridgehead atoms. The minimum atomic E-state index is 0.156. The van der Waals surface area contributed by atoms with Gasteiger partial charge < -0.3 is 0 Å². The summed E-state index contributed by atoms with van der Waals surface area (Å²) < 4.78 is 0. The highest BCUT2D eigenvalue weighted by atomic mass is 17.2. The zero-order chi connectivity index (χ0) is 7.68. The first-order chi connectivity index (χ1) is 5.36. The van der Waals surface area contributed by atoms with Gasteiger partial charge in [0, 0.05) is 5.56 Å². The lowest BCUT2D eigenvalue weighted by Crippen LogP contribution is -2.16. The van der Waals surface area contributed by atoms with Gasteiger partial charge in [-0.2, -0.15) is 0 Å². The minimum Gasteiger partial charge on any atom is -0.288 e. The molecule has 1 heterocycles. The summed E-state index contributed by atoms with van der Waals surface area (Å²) in [6.07, 6.45) is 0.524. The SMILES string of the molecule is N=C1Cc2ccccc2OO1. The van der Waals surface area contributed by atoms with Gasteiger partial charge in [-0.1, -0.05) is 18.2 Å². The van der Waals surface area contributed by atoms with E-state index in [0.717, 1.165) is 5.56 Å². The summed E-state index contributed by atoms with van der Waals surface area (Å²) in [6, 6.07) is 7.53. The second kappa shape index (κ2) is 2.27. The number of fused-ring (bicyclic) bond motifs is 1. The van der Waals surface area contributed by atoms with Crippen molar-refractivity contribution in [3.63, 3.8) is 0 Å². The van der Waals surface area contributed by atoms with Crippen molar-refractivity contribution in [2.75, 3.05) is 0 Å². The largest absolute Gasteiger partial charge is 0.288 e. The fraction of sp³-hybridized carbons (Fsp3) is 0.125. The Hall–Kier alpha value is -1.51. The Morgan fingerprint density at radius 2 is 2.00 bits per heavy atom. The van der Waals surface area contributed by atoms with Crippen LogP contribution in [-0.4, -0.2) is 5.90 Å². The van der Waals surface area contributed by atoms with E-state index in [9.17, 15) is 0 Å². The molecule has 0 saturated heterocycles. The number of hydrogen-bond donors (Lipinski definition) is 1. The lowest BCUT2D eigenvalue weighted by atomic mass is 10.1. The van der Waals surface area contributed by atoms with Crippen LogP contribution in [-0.2, 0) is 11.3 Å². The van der Waals surface area contributed by atoms with Crippen molar-refractivity contribution in [3.8, 4) is 5.75 Å². The van der Waals surface area contributed by atoms with Crippen molar-refractivity contribution in [2.45, 2.75) is 6.42 Å². The van der Waals surface area contributed by atoms with E-state index in [2.05, 4.69) is 4.89 Å². The number of nitrogens with one attached hydrogen (secondary N) is 1. The molecule has 0 spiro atoms. The zero-order valence-electron chi connectivity index (χ0n) is 5.83. The molecule has 0 unspecified atom stereocenters. The summed E-state index contributed by atoms with van der Waals surface area (Å²) in [5, 5.41) is 7.17. The van der Waals surface area contributed by atoms with Crippen LogP contribution in [0, 0.1) is 5.41 Å². The maximum absolute atomic E-state index is 7.17. The lowest BCUT2D eigenvalue weighted by Gasteiger charge is -2.15. The Labute approximate surface area is 64.0 Å². The molecule has 11 heavy (non-hydrogen) atoms. The molecule has 0 aliphatic carbocycles. The third-order valence-electron chi connectivity index (χ3n) is 1.56. The van der Waals surface area contributed by atoms with Crippen LogP contribution < -0.4 is 4.89 Å². The number of para-hydroxylation sites is 1. The average molecular weight is 149 g/mol. The average Bonchev–Trinajstić information content (AvgIpc) is 2.04. The molecular weight excluding hydrogens is 142 g/mol. The molecular formula is C8H7NO2. The first-order valence-corrected chi connectivity index (χ1v) is 3.36. The smallest absolute Gasteiger partial charge is 0.242 e. The molecule has 0 aromatic heterocycles. The van der Waals surface area contributed by atoms with Crippen molar-refractivity contribution in [1.82, 2.24) is 0 Å². The van der Waals surface area contributed by atoms with Gasteiger partial charge >= 0.3 is 0 Å². The second-order valence-electron chi connectivity index (χ2n) is 2.37. The molecule has 0 amide bonds. The van der Waals surface area contributed by atoms with E-state index < -0.39 is 0 Å². The van der Waals surface area contributed by atoms with Crippen molar-refractivity contribution in [2.24, 2.45) is 0 Å². The highest BCUT2D eigenvalue weighted by Gasteiger charge is 2.14. The summed E-state index contributed by atoms with van der Waals surface area (Å²) in [7, 11) is 0. The highest BCUT2D eigenvalue weighted by Crippen LogP contribution is 2.22. The maximum atomic E-state index is 7.17. The molecule has 1 aromatic rings. The number of rotatable bonds is 0. The Kier molecular flexibility index (Phi) is 1.28. The van der Waals surface area contributed by atoms with E-state index in [0.29, 0.717) is 12.2 Å². The fourth-order valence-electron chi connectivity index (χ4n) is 1.03. The van der Waals surface area contributed by atoms with Crippen molar-refractivity contribution >= 4 is 5.90 Å². The molecule has 56 valence electrons. The molecule has 2 rings (SSSR count). The zero-order valence-corrected chi connectivity index (χ0v) is 5.83. The molecule has 1 N–H and O–H groups in total. The van der Waals surface area contributed by atoms with Gasteiger partial charge in [0.25, 0.3) is 0 Å². The third kappa shape index (κ3) is 1.05. The summed E-state index contributed by atoms with van der Waals surface area (Å²) in [4.78, 5) is 9.40. The van der Waals surface area contributed by atoms with E-state index in [1.165, 1.54) is 0 Å². The van der Waals surface area contributed by atoms with Gasteiger partial charge in [-0.3, -0.25) is 15.2 Å². The molecule has 0 saturated carbocycles. The van der Waals surface area contributed by atoms with Crippen LogP contribution >= 0.6 is 0 Å². The lowest BCUT2D eigenvalue weighted by molar-refractivity contribution is -0.126. The van der Waals surface area contributed by atoms with Gasteiger partial charge in [-0.05, 0) is 6.07 Å². The normalized spacial score (nSPS) is 14.7. The molecule has 0 fully saturated rings. The first kappa shape index (κ1) is 6.22. The van der Waals surface area contributed by atoms with Crippen LogP contribution in [0.15, 0.2) is 24.3 Å². The van der Waals surface area contributed by atoms with Gasteiger partial charge in [0.05, 0.1) is 6.42 Å². The van der Waals surface area contributed by atoms with Crippen LogP contribution in [0.2, 0.25) is 0 Å². The molecule has 3 heteroatoms. The van der Waals surface area contributed by atoms with Crippen molar-refractivity contribution in [1.29, 1.82) is 5.41 Å². The Bertz CT molecular complexity index is 296. The number of benzene rings is 1. The number of hydrogen-bond acceptors (Lipinski definition) is 3. The van der Waals surface area contributed by atoms with Gasteiger partial charge in [0.1, 0.15) is 0 Å². The summed E-state index contributed by atoms with van der Waals surface area (Å²) in [5.74, 6) is 0.868. The van der Waals surface area contributed by atoms with Crippen molar-refractivity contribution < 1.29 is 9.78 Å². The molecule has 1 aliphatic rings. The Morgan fingerprint density at radius 1 is 1.18 bits per heavy atom. The fourth-order valence-corrected chi connectivity index (χ4v) is 1.03. The van der Waals surface area contributed by atoms with Gasteiger partial charge in [-0.25, -0.2) is 0 Å². The van der Waals surface area contributed by atoms with E-state index in [1.54, 1.807) is 0 Å². The molecule has 1 aromatic carbocycles. The summed E-state index contributed by atoms with van der Waals surface area (Å²) >= 11 is 0. The Balaban J connectivity index is 2.41. The van der Waals surface area contributed by atoms with Crippen LogP contribution in [0.5, 0.6) is 5.75 Å². The predicted molar refractivity (Wildman–Crippen MR) is 39.6 cm³/mol. The standard InChI is InChI=1S/C8H7NO2/c9-8-5-6-3-1-2-4-7(6)10-11-8/h1-4,9H,5H2. The quantitative estimate of drug-likeness (QED) is 0.568. The highest BCUT2D eigenvalue weighted by molar-refractivity contribution is 5.77. The minimum absolute atomic E-state index is 0.156. The summed E-state index contributed by atoms with van der Waals surface area (Å²) in [6.45, 7) is 0. The topological polar surface area (TPSA) is 42.3 Å². The van der Waals surface area contributed by atoms with Crippen LogP contribution in [0.4, 0.5) is 0 Å². The maximum Gasteiger partial charge on any atom is 0.242 e. The van der Waals surface area contributed by atoms with Crippen molar-refractivity contribution in [3.05, 3.63) is 29.8 Å². The third-order valence-corrected chi connectivity index (χ3v) is 1.56. The van der Waals surface area contributed by atoms with Gasteiger partial charge in [0.2, 0.25) is 5.90 Å². The Morgan fingerprint density at radius 3 is 2.91 bits per heavy atom. The first-order valence-electron chi connectivity index (χ1n) is 3.36. The molecule has 0 radical (unpaired) electrons.